The van der Waals surface area contributed by atoms with E-state index in [4.69, 9.17) is 14.6 Å². The molecule has 0 bridgehead atoms. The molecular weight excluding hydrogens is 290 g/mol. The second-order valence-electron chi connectivity index (χ2n) is 3.74. The van der Waals surface area contributed by atoms with Crippen molar-refractivity contribution in [2.75, 3.05) is 32.6 Å². The molecule has 0 saturated carbocycles. The molecule has 2 N–H and O–H groups in total. The lowest BCUT2D eigenvalue weighted by Crippen LogP contribution is -2.47. The molecule has 0 aromatic carbocycles. The number of anilines is 1. The highest BCUT2D eigenvalue weighted by molar-refractivity contribution is 7.91. The third-order valence-corrected chi connectivity index (χ3v) is 2.91. The molecule has 10 nitrogen and oxygen atoms in total. The maximum Gasteiger partial charge on any atom is 0.341 e. The summed E-state index contributed by atoms with van der Waals surface area (Å²) in [4.78, 5) is 20.5. The van der Waals surface area contributed by atoms with Crippen molar-refractivity contribution in [3.63, 3.8) is 0 Å². The van der Waals surface area contributed by atoms with E-state index >= 15 is 0 Å². The lowest BCUT2D eigenvalue weighted by Gasteiger charge is -2.22. The minimum atomic E-state index is -4.41. The molecule has 0 aliphatic heterocycles. The van der Waals surface area contributed by atoms with E-state index in [1.165, 1.54) is 34.4 Å². The zero-order valence-corrected chi connectivity index (χ0v) is 12.2. The van der Waals surface area contributed by atoms with E-state index in [1.807, 2.05) is 0 Å². The summed E-state index contributed by atoms with van der Waals surface area (Å²) in [5, 5.41) is 5.02. The van der Waals surface area contributed by atoms with Gasteiger partial charge in [-0.3, -0.25) is 0 Å². The summed E-state index contributed by atoms with van der Waals surface area (Å²) in [5.74, 6) is -0.429. The van der Waals surface area contributed by atoms with Crippen LogP contribution in [0.5, 0.6) is 11.8 Å². The van der Waals surface area contributed by atoms with Crippen molar-refractivity contribution in [1.82, 2.24) is 14.9 Å². The number of carbonyl (C=O) groups excluding carboxylic acids is 1. The molecular formula is C9H15N5O5S. The molecule has 1 rings (SSSR count). The molecule has 0 aliphatic carbocycles. The minimum Gasteiger partial charge on any atom is -0.481 e. The zero-order chi connectivity index (χ0) is 15.5. The van der Waals surface area contributed by atoms with Crippen LogP contribution in [-0.4, -0.2) is 57.6 Å². The maximum atomic E-state index is 11.9. The summed E-state index contributed by atoms with van der Waals surface area (Å²) in [5.41, 5.74) is 0. The largest absolute Gasteiger partial charge is 0.481 e. The molecule has 1 heterocycles. The third kappa shape index (κ3) is 3.45. The highest BCUT2D eigenvalue weighted by atomic mass is 32.2. The van der Waals surface area contributed by atoms with Gasteiger partial charge < -0.3 is 14.4 Å². The molecule has 0 saturated heterocycles. The molecule has 0 spiro atoms. The second-order valence-corrected chi connectivity index (χ2v) is 5.13. The number of hydrogen-bond acceptors (Lipinski definition) is 7. The quantitative estimate of drug-likeness (QED) is 0.770. The van der Waals surface area contributed by atoms with Gasteiger partial charge in [0.25, 0.3) is 5.95 Å². The van der Waals surface area contributed by atoms with Gasteiger partial charge in [0.15, 0.2) is 0 Å². The molecule has 0 atom stereocenters. The average Bonchev–Trinajstić information content (AvgIpc) is 2.36. The zero-order valence-electron chi connectivity index (χ0n) is 11.4. The standard InChI is InChI=1S/C9H15N5O5S/c1-13(2)9(15)14(20(10,16)17)8-11-6(18-3)5-7(12-8)19-4/h5H,1-4H3,(H2,10,16,17). The summed E-state index contributed by atoms with van der Waals surface area (Å²) >= 11 is 0. The van der Waals surface area contributed by atoms with Crippen molar-refractivity contribution < 1.29 is 22.7 Å². The van der Waals surface area contributed by atoms with E-state index in [1.54, 1.807) is 0 Å². The first-order valence-corrected chi connectivity index (χ1v) is 6.72. The van der Waals surface area contributed by atoms with Crippen molar-refractivity contribution in [3.8, 4) is 11.8 Å². The number of methoxy groups -OCH3 is 2. The van der Waals surface area contributed by atoms with Gasteiger partial charge in [-0.2, -0.15) is 18.4 Å². The van der Waals surface area contributed by atoms with E-state index in [-0.39, 0.29) is 16.1 Å². The Morgan fingerprint density at radius 1 is 1.20 bits per heavy atom. The van der Waals surface area contributed by atoms with Crippen LogP contribution < -0.4 is 18.9 Å². The fourth-order valence-electron chi connectivity index (χ4n) is 1.18. The van der Waals surface area contributed by atoms with Crippen LogP contribution in [0.1, 0.15) is 0 Å². The summed E-state index contributed by atoms with van der Waals surface area (Å²) in [6, 6.07) is 0.396. The summed E-state index contributed by atoms with van der Waals surface area (Å²) in [6.45, 7) is 0. The van der Waals surface area contributed by atoms with E-state index in [2.05, 4.69) is 9.97 Å². The first-order chi connectivity index (χ1) is 9.20. The van der Waals surface area contributed by atoms with Crippen molar-refractivity contribution in [3.05, 3.63) is 6.07 Å². The number of urea groups is 1. The smallest absolute Gasteiger partial charge is 0.341 e. The number of amides is 2. The van der Waals surface area contributed by atoms with Gasteiger partial charge in [-0.25, -0.2) is 9.93 Å². The predicted molar refractivity (Wildman–Crippen MR) is 69.8 cm³/mol. The summed E-state index contributed by atoms with van der Waals surface area (Å²) < 4.78 is 33.2. The molecule has 1 aromatic rings. The Labute approximate surface area is 116 Å². The Bertz CT molecular complexity index is 580. The van der Waals surface area contributed by atoms with Crippen molar-refractivity contribution in [1.29, 1.82) is 0 Å². The maximum absolute atomic E-state index is 11.9. The molecule has 0 radical (unpaired) electrons. The number of ether oxygens (including phenoxy) is 2. The van der Waals surface area contributed by atoms with Crippen LogP contribution >= 0.6 is 0 Å². The number of aromatic nitrogens is 2. The Morgan fingerprint density at radius 3 is 1.95 bits per heavy atom. The molecule has 2 amide bonds. The van der Waals surface area contributed by atoms with Gasteiger partial charge in [-0.05, 0) is 0 Å². The van der Waals surface area contributed by atoms with Gasteiger partial charge in [-0.1, -0.05) is 0 Å². The Balaban J connectivity index is 3.45. The Hall–Kier alpha value is -2.14. The summed E-state index contributed by atoms with van der Waals surface area (Å²) in [7, 11) is 0.952. The molecule has 0 fully saturated rings. The fourth-order valence-corrected chi connectivity index (χ4v) is 1.87. The molecule has 11 heteroatoms. The first kappa shape index (κ1) is 15.9. The van der Waals surface area contributed by atoms with Gasteiger partial charge in [0.2, 0.25) is 11.8 Å². The van der Waals surface area contributed by atoms with Gasteiger partial charge in [0.05, 0.1) is 20.3 Å². The Kier molecular flexibility index (Phi) is 4.68. The normalized spacial score (nSPS) is 10.8. The van der Waals surface area contributed by atoms with Crippen molar-refractivity contribution >= 4 is 22.2 Å². The van der Waals surface area contributed by atoms with E-state index in [0.717, 1.165) is 4.90 Å². The lowest BCUT2D eigenvalue weighted by molar-refractivity contribution is 0.227. The Morgan fingerprint density at radius 2 is 1.65 bits per heavy atom. The number of nitrogens with two attached hydrogens (primary N) is 1. The van der Waals surface area contributed by atoms with Crippen LogP contribution in [-0.2, 0) is 10.2 Å². The highest BCUT2D eigenvalue weighted by Gasteiger charge is 2.31. The van der Waals surface area contributed by atoms with Crippen LogP contribution in [0.2, 0.25) is 0 Å². The van der Waals surface area contributed by atoms with E-state index in [0.29, 0.717) is 0 Å². The number of nitrogens with zero attached hydrogens (tertiary/aromatic N) is 4. The minimum absolute atomic E-state index is 0.0204. The van der Waals surface area contributed by atoms with Crippen LogP contribution in [0.3, 0.4) is 0 Å². The third-order valence-electron chi connectivity index (χ3n) is 2.08. The molecule has 112 valence electrons. The second kappa shape index (κ2) is 5.88. The number of hydrogen-bond donors (Lipinski definition) is 1. The number of rotatable bonds is 4. The van der Waals surface area contributed by atoms with E-state index < -0.39 is 22.2 Å². The SMILES string of the molecule is COc1cc(OC)nc(N(C(=O)N(C)C)S(N)(=O)=O)n1. The number of carbonyl (C=O) groups is 1. The monoisotopic (exact) mass is 305 g/mol. The first-order valence-electron chi connectivity index (χ1n) is 5.22. The van der Waals surface area contributed by atoms with Gasteiger partial charge in [-0.15, -0.1) is 4.31 Å². The summed E-state index contributed by atoms with van der Waals surface area (Å²) in [6.07, 6.45) is 0. The van der Waals surface area contributed by atoms with Crippen LogP contribution in [0, 0.1) is 0 Å². The molecule has 0 aliphatic rings. The molecule has 0 unspecified atom stereocenters. The predicted octanol–water partition coefficient (Wildman–Crippen LogP) is -0.815. The van der Waals surface area contributed by atoms with Gasteiger partial charge in [0.1, 0.15) is 0 Å². The van der Waals surface area contributed by atoms with Gasteiger partial charge >= 0.3 is 16.2 Å². The lowest BCUT2D eigenvalue weighted by atomic mass is 10.6. The van der Waals surface area contributed by atoms with Crippen molar-refractivity contribution in [2.45, 2.75) is 0 Å². The molecule has 20 heavy (non-hydrogen) atoms. The average molecular weight is 305 g/mol. The van der Waals surface area contributed by atoms with E-state index in [9.17, 15) is 13.2 Å². The van der Waals surface area contributed by atoms with Crippen LogP contribution in [0.25, 0.3) is 0 Å². The van der Waals surface area contributed by atoms with Crippen LogP contribution in [0.4, 0.5) is 10.7 Å². The van der Waals surface area contributed by atoms with Gasteiger partial charge in [0, 0.05) is 14.1 Å². The molecule has 1 aromatic heterocycles. The van der Waals surface area contributed by atoms with Crippen LogP contribution in [0.15, 0.2) is 6.07 Å². The highest BCUT2D eigenvalue weighted by Crippen LogP contribution is 2.21. The topological polar surface area (TPSA) is 128 Å². The van der Waals surface area contributed by atoms with Crippen molar-refractivity contribution in [2.24, 2.45) is 5.14 Å². The fraction of sp³-hybridized carbons (Fsp3) is 0.444.